The molecular formula is C20H18N2O2. The Hall–Kier alpha value is -3.14. The fourth-order valence-electron chi connectivity index (χ4n) is 2.43. The topological polar surface area (TPSA) is 55.0 Å². The van der Waals surface area contributed by atoms with Crippen LogP contribution in [-0.4, -0.2) is 22.5 Å². The Bertz CT molecular complexity index is 780. The highest BCUT2D eigenvalue weighted by molar-refractivity contribution is 5.87. The number of hydrogen-bond donors (Lipinski definition) is 1. The molecule has 0 atom stereocenters. The molecule has 0 aliphatic rings. The summed E-state index contributed by atoms with van der Waals surface area (Å²) in [5.41, 5.74) is 3.83. The lowest BCUT2D eigenvalue weighted by Crippen LogP contribution is -1.98. The zero-order valence-electron chi connectivity index (χ0n) is 13.4. The Balaban J connectivity index is 2.02. The molecule has 0 saturated heterocycles. The van der Waals surface area contributed by atoms with E-state index in [-0.39, 0.29) is 5.97 Å². The lowest BCUT2D eigenvalue weighted by atomic mass is 10.1. The summed E-state index contributed by atoms with van der Waals surface area (Å²) in [7, 11) is 0. The Labute approximate surface area is 140 Å². The van der Waals surface area contributed by atoms with Gasteiger partial charge in [-0.25, -0.2) is 9.78 Å². The van der Waals surface area contributed by atoms with Crippen LogP contribution in [0.25, 0.3) is 28.6 Å². The highest BCUT2D eigenvalue weighted by atomic mass is 16.5. The van der Waals surface area contributed by atoms with Crippen LogP contribution in [0.1, 0.15) is 12.7 Å². The third-order valence-corrected chi connectivity index (χ3v) is 3.50. The van der Waals surface area contributed by atoms with E-state index in [2.05, 4.69) is 9.97 Å². The first kappa shape index (κ1) is 15.7. The van der Waals surface area contributed by atoms with Gasteiger partial charge in [0.15, 0.2) is 0 Å². The average Bonchev–Trinajstić information content (AvgIpc) is 3.06. The smallest absolute Gasteiger partial charge is 0.330 e. The van der Waals surface area contributed by atoms with E-state index in [1.807, 2.05) is 60.7 Å². The van der Waals surface area contributed by atoms with E-state index in [9.17, 15) is 4.79 Å². The van der Waals surface area contributed by atoms with E-state index >= 15 is 0 Å². The summed E-state index contributed by atoms with van der Waals surface area (Å²) in [6.07, 6.45) is 3.02. The number of esters is 1. The predicted octanol–water partition coefficient (Wildman–Crippen LogP) is 4.32. The van der Waals surface area contributed by atoms with E-state index in [1.165, 1.54) is 6.08 Å². The van der Waals surface area contributed by atoms with Gasteiger partial charge >= 0.3 is 5.97 Å². The maximum absolute atomic E-state index is 11.5. The third-order valence-electron chi connectivity index (χ3n) is 3.50. The average molecular weight is 318 g/mol. The van der Waals surface area contributed by atoms with Crippen LogP contribution >= 0.6 is 0 Å². The summed E-state index contributed by atoms with van der Waals surface area (Å²) in [5, 5.41) is 0. The zero-order chi connectivity index (χ0) is 16.8. The molecule has 120 valence electrons. The van der Waals surface area contributed by atoms with Crippen LogP contribution in [0.2, 0.25) is 0 Å². The minimum atomic E-state index is -0.378. The van der Waals surface area contributed by atoms with Gasteiger partial charge in [-0.15, -0.1) is 0 Å². The molecule has 0 saturated carbocycles. The molecule has 1 heterocycles. The first-order valence-electron chi connectivity index (χ1n) is 7.83. The van der Waals surface area contributed by atoms with Gasteiger partial charge in [-0.05, 0) is 13.0 Å². The Morgan fingerprint density at radius 1 is 1.04 bits per heavy atom. The van der Waals surface area contributed by atoms with Crippen molar-refractivity contribution < 1.29 is 9.53 Å². The second kappa shape index (κ2) is 7.42. The minimum Gasteiger partial charge on any atom is -0.463 e. The maximum atomic E-state index is 11.5. The SMILES string of the molecule is CCOC(=O)/C=C/c1nc(-c2ccccc2)c(-c2ccccc2)[nH]1. The largest absolute Gasteiger partial charge is 0.463 e. The van der Waals surface area contributed by atoms with Gasteiger partial charge in [0.1, 0.15) is 5.82 Å². The predicted molar refractivity (Wildman–Crippen MR) is 95.1 cm³/mol. The second-order valence-electron chi connectivity index (χ2n) is 5.16. The molecule has 0 aliphatic carbocycles. The number of carbonyl (C=O) groups is 1. The maximum Gasteiger partial charge on any atom is 0.330 e. The molecular weight excluding hydrogens is 300 g/mol. The molecule has 3 aromatic rings. The van der Waals surface area contributed by atoms with Crippen molar-refractivity contribution in [2.75, 3.05) is 6.61 Å². The van der Waals surface area contributed by atoms with Gasteiger partial charge in [0.25, 0.3) is 0 Å². The molecule has 0 bridgehead atoms. The zero-order valence-corrected chi connectivity index (χ0v) is 13.4. The van der Waals surface area contributed by atoms with Crippen LogP contribution in [0.4, 0.5) is 0 Å². The molecule has 0 unspecified atom stereocenters. The monoisotopic (exact) mass is 318 g/mol. The second-order valence-corrected chi connectivity index (χ2v) is 5.16. The van der Waals surface area contributed by atoms with E-state index in [0.29, 0.717) is 12.4 Å². The summed E-state index contributed by atoms with van der Waals surface area (Å²) in [5.74, 6) is 0.234. The molecule has 0 spiro atoms. The number of nitrogens with zero attached hydrogens (tertiary/aromatic N) is 1. The molecule has 2 aromatic carbocycles. The number of aromatic nitrogens is 2. The molecule has 4 nitrogen and oxygen atoms in total. The van der Waals surface area contributed by atoms with Crippen LogP contribution in [0.5, 0.6) is 0 Å². The normalized spacial score (nSPS) is 10.9. The standard InChI is InChI=1S/C20H18N2O2/c1-2-24-18(23)14-13-17-21-19(15-9-5-3-6-10-15)20(22-17)16-11-7-4-8-12-16/h3-14H,2H2,1H3,(H,21,22)/b14-13+. The van der Waals surface area contributed by atoms with Crippen molar-refractivity contribution in [3.63, 3.8) is 0 Å². The molecule has 0 radical (unpaired) electrons. The molecule has 1 N–H and O–H groups in total. The summed E-state index contributed by atoms with van der Waals surface area (Å²) in [6, 6.07) is 20.0. The molecule has 0 fully saturated rings. The van der Waals surface area contributed by atoms with Gasteiger partial charge in [-0.2, -0.15) is 0 Å². The molecule has 24 heavy (non-hydrogen) atoms. The number of hydrogen-bond acceptors (Lipinski definition) is 3. The third kappa shape index (κ3) is 3.60. The number of carbonyl (C=O) groups excluding carboxylic acids is 1. The summed E-state index contributed by atoms with van der Waals surface area (Å²) in [4.78, 5) is 19.4. The molecule has 3 rings (SSSR count). The van der Waals surface area contributed by atoms with Gasteiger partial charge in [0.2, 0.25) is 0 Å². The molecule has 0 aliphatic heterocycles. The quantitative estimate of drug-likeness (QED) is 0.563. The van der Waals surface area contributed by atoms with E-state index in [1.54, 1.807) is 13.0 Å². The van der Waals surface area contributed by atoms with Gasteiger partial charge in [-0.3, -0.25) is 0 Å². The Morgan fingerprint density at radius 2 is 1.67 bits per heavy atom. The molecule has 1 aromatic heterocycles. The van der Waals surface area contributed by atoms with Crippen LogP contribution in [0, 0.1) is 0 Å². The number of imidazole rings is 1. The molecule has 4 heteroatoms. The van der Waals surface area contributed by atoms with Crippen molar-refractivity contribution in [1.29, 1.82) is 0 Å². The van der Waals surface area contributed by atoms with Gasteiger partial charge in [-0.1, -0.05) is 60.7 Å². The van der Waals surface area contributed by atoms with Crippen molar-refractivity contribution in [3.05, 3.63) is 72.6 Å². The summed E-state index contributed by atoms with van der Waals surface area (Å²) < 4.78 is 4.90. The Kier molecular flexibility index (Phi) is 4.87. The van der Waals surface area contributed by atoms with Crippen molar-refractivity contribution in [3.8, 4) is 22.5 Å². The van der Waals surface area contributed by atoms with Crippen LogP contribution in [-0.2, 0) is 9.53 Å². The van der Waals surface area contributed by atoms with Crippen molar-refractivity contribution in [2.45, 2.75) is 6.92 Å². The minimum absolute atomic E-state index is 0.353. The Morgan fingerprint density at radius 3 is 2.29 bits per heavy atom. The van der Waals surface area contributed by atoms with Crippen LogP contribution in [0.15, 0.2) is 66.7 Å². The van der Waals surface area contributed by atoms with Crippen molar-refractivity contribution in [1.82, 2.24) is 9.97 Å². The van der Waals surface area contributed by atoms with E-state index < -0.39 is 0 Å². The number of rotatable bonds is 5. The van der Waals surface area contributed by atoms with Gasteiger partial charge < -0.3 is 9.72 Å². The lowest BCUT2D eigenvalue weighted by Gasteiger charge is -2.02. The van der Waals surface area contributed by atoms with Gasteiger partial charge in [0, 0.05) is 17.2 Å². The van der Waals surface area contributed by atoms with Crippen molar-refractivity contribution >= 4 is 12.0 Å². The number of benzene rings is 2. The fourth-order valence-corrected chi connectivity index (χ4v) is 2.43. The summed E-state index contributed by atoms with van der Waals surface area (Å²) >= 11 is 0. The van der Waals surface area contributed by atoms with Crippen LogP contribution in [0.3, 0.4) is 0 Å². The lowest BCUT2D eigenvalue weighted by molar-refractivity contribution is -0.137. The number of aromatic amines is 1. The van der Waals surface area contributed by atoms with E-state index in [4.69, 9.17) is 4.74 Å². The summed E-state index contributed by atoms with van der Waals surface area (Å²) in [6.45, 7) is 2.13. The first-order chi connectivity index (χ1) is 11.8. The fraction of sp³-hybridized carbons (Fsp3) is 0.100. The van der Waals surface area contributed by atoms with E-state index in [0.717, 1.165) is 22.5 Å². The number of ether oxygens (including phenoxy) is 1. The first-order valence-corrected chi connectivity index (χ1v) is 7.83. The number of nitrogens with one attached hydrogen (secondary N) is 1. The van der Waals surface area contributed by atoms with Gasteiger partial charge in [0.05, 0.1) is 18.0 Å². The van der Waals surface area contributed by atoms with Crippen LogP contribution < -0.4 is 0 Å². The van der Waals surface area contributed by atoms with Crippen molar-refractivity contribution in [2.24, 2.45) is 0 Å². The number of H-pyrrole nitrogens is 1. The highest BCUT2D eigenvalue weighted by Crippen LogP contribution is 2.30. The highest BCUT2D eigenvalue weighted by Gasteiger charge is 2.12. The molecule has 0 amide bonds.